The summed E-state index contributed by atoms with van der Waals surface area (Å²) in [6.07, 6.45) is 1.92. The fourth-order valence-corrected chi connectivity index (χ4v) is 2.27. The first-order chi connectivity index (χ1) is 10.0. The molecule has 0 saturated heterocycles. The summed E-state index contributed by atoms with van der Waals surface area (Å²) in [7, 11) is 0. The Balaban J connectivity index is 2.62. The molecule has 21 heavy (non-hydrogen) atoms. The predicted octanol–water partition coefficient (Wildman–Crippen LogP) is 3.23. The lowest BCUT2D eigenvalue weighted by atomic mass is 10.1. The quantitative estimate of drug-likeness (QED) is 0.807. The third kappa shape index (κ3) is 3.50. The second kappa shape index (κ2) is 6.55. The van der Waals surface area contributed by atoms with Crippen LogP contribution in [-0.2, 0) is 0 Å². The van der Waals surface area contributed by atoms with Gasteiger partial charge in [-0.25, -0.2) is 9.97 Å². The first kappa shape index (κ1) is 15.3. The van der Waals surface area contributed by atoms with Crippen LogP contribution in [0.5, 0.6) is 5.88 Å². The van der Waals surface area contributed by atoms with Crippen LogP contribution >= 0.6 is 11.8 Å². The Kier molecular flexibility index (Phi) is 4.76. The minimum absolute atomic E-state index is 0.0478. The zero-order valence-corrected chi connectivity index (χ0v) is 13.2. The van der Waals surface area contributed by atoms with Crippen molar-refractivity contribution in [2.75, 3.05) is 6.26 Å². The summed E-state index contributed by atoms with van der Waals surface area (Å²) in [5.41, 5.74) is 2.17. The molecule has 0 fully saturated rings. The molecule has 108 valence electrons. The monoisotopic (exact) mass is 300 g/mol. The third-order valence-corrected chi connectivity index (χ3v) is 3.34. The van der Waals surface area contributed by atoms with Crippen LogP contribution in [0.4, 0.5) is 0 Å². The molecule has 2 rings (SSSR count). The fraction of sp³-hybridized carbons (Fsp3) is 0.333. The molecule has 0 unspecified atom stereocenters. The molecular formula is C15H16N4OS. The van der Waals surface area contributed by atoms with Crippen molar-refractivity contribution in [1.82, 2.24) is 15.0 Å². The Morgan fingerprint density at radius 3 is 2.62 bits per heavy atom. The highest BCUT2D eigenvalue weighted by atomic mass is 32.2. The maximum atomic E-state index is 9.01. The van der Waals surface area contributed by atoms with E-state index in [0.717, 1.165) is 16.3 Å². The standard InChI is InChI=1S/C15H16N4OS/c1-9(2)20-15-14(10(3)17-12(8-16)19-15)11-6-5-7-13(18-11)21-4/h5-7,9H,1-4H3. The molecule has 0 bridgehead atoms. The molecule has 0 radical (unpaired) electrons. The number of nitriles is 1. The number of pyridine rings is 1. The molecule has 6 heteroatoms. The SMILES string of the molecule is CSc1cccc(-c2c(C)nc(C#N)nc2OC(C)C)n1. The zero-order valence-electron chi connectivity index (χ0n) is 12.4. The van der Waals surface area contributed by atoms with Gasteiger partial charge in [-0.2, -0.15) is 10.2 Å². The van der Waals surface area contributed by atoms with Crippen LogP contribution in [0, 0.1) is 18.3 Å². The topological polar surface area (TPSA) is 71.7 Å². The maximum Gasteiger partial charge on any atom is 0.235 e. The van der Waals surface area contributed by atoms with E-state index in [0.29, 0.717) is 11.6 Å². The summed E-state index contributed by atoms with van der Waals surface area (Å²) in [6.45, 7) is 5.66. The van der Waals surface area contributed by atoms with E-state index in [4.69, 9.17) is 10.00 Å². The van der Waals surface area contributed by atoms with Crippen molar-refractivity contribution in [3.63, 3.8) is 0 Å². The Labute approximate surface area is 128 Å². The summed E-state index contributed by atoms with van der Waals surface area (Å²) in [6, 6.07) is 7.73. The average molecular weight is 300 g/mol. The maximum absolute atomic E-state index is 9.01. The smallest absolute Gasteiger partial charge is 0.235 e. The van der Waals surface area contributed by atoms with Crippen LogP contribution in [-0.4, -0.2) is 27.3 Å². The number of aryl methyl sites for hydroxylation is 1. The van der Waals surface area contributed by atoms with Crippen molar-refractivity contribution in [3.8, 4) is 23.2 Å². The summed E-state index contributed by atoms with van der Waals surface area (Å²) in [5, 5.41) is 9.92. The highest BCUT2D eigenvalue weighted by Crippen LogP contribution is 2.31. The lowest BCUT2D eigenvalue weighted by Gasteiger charge is -2.14. The lowest BCUT2D eigenvalue weighted by Crippen LogP contribution is -2.11. The van der Waals surface area contributed by atoms with E-state index in [9.17, 15) is 0 Å². The van der Waals surface area contributed by atoms with E-state index in [1.54, 1.807) is 11.8 Å². The van der Waals surface area contributed by atoms with Crippen molar-refractivity contribution < 1.29 is 4.74 Å². The molecule has 0 aromatic carbocycles. The Hall–Kier alpha value is -2.13. The van der Waals surface area contributed by atoms with Crippen molar-refractivity contribution >= 4 is 11.8 Å². The number of rotatable bonds is 4. The van der Waals surface area contributed by atoms with Gasteiger partial charge in [0, 0.05) is 0 Å². The molecule has 0 aliphatic heterocycles. The molecule has 2 aromatic heterocycles. The Morgan fingerprint density at radius 2 is 2.00 bits per heavy atom. The van der Waals surface area contributed by atoms with Gasteiger partial charge in [0.25, 0.3) is 0 Å². The highest BCUT2D eigenvalue weighted by Gasteiger charge is 2.17. The van der Waals surface area contributed by atoms with Gasteiger partial charge in [-0.05, 0) is 39.2 Å². The molecule has 5 nitrogen and oxygen atoms in total. The van der Waals surface area contributed by atoms with Crippen molar-refractivity contribution in [2.24, 2.45) is 0 Å². The Bertz CT molecular complexity index is 695. The van der Waals surface area contributed by atoms with Crippen LogP contribution in [0.1, 0.15) is 25.4 Å². The van der Waals surface area contributed by atoms with Crippen molar-refractivity contribution in [3.05, 3.63) is 29.7 Å². The molecule has 0 spiro atoms. The van der Waals surface area contributed by atoms with Gasteiger partial charge < -0.3 is 4.74 Å². The van der Waals surface area contributed by atoms with Crippen molar-refractivity contribution in [1.29, 1.82) is 5.26 Å². The first-order valence-electron chi connectivity index (χ1n) is 6.52. The second-order valence-electron chi connectivity index (χ2n) is 4.66. The van der Waals surface area contributed by atoms with E-state index >= 15 is 0 Å². The Morgan fingerprint density at radius 1 is 1.24 bits per heavy atom. The van der Waals surface area contributed by atoms with Crippen LogP contribution in [0.15, 0.2) is 23.2 Å². The molecular weight excluding hydrogens is 284 g/mol. The summed E-state index contributed by atoms with van der Waals surface area (Å²) in [4.78, 5) is 12.9. The number of hydrogen-bond donors (Lipinski definition) is 0. The van der Waals surface area contributed by atoms with Gasteiger partial charge in [0.1, 0.15) is 6.07 Å². The molecule has 2 aromatic rings. The van der Waals surface area contributed by atoms with Gasteiger partial charge in [0.05, 0.1) is 28.1 Å². The van der Waals surface area contributed by atoms with Crippen LogP contribution in [0.2, 0.25) is 0 Å². The van der Waals surface area contributed by atoms with Crippen molar-refractivity contribution in [2.45, 2.75) is 31.9 Å². The van der Waals surface area contributed by atoms with E-state index in [1.165, 1.54) is 0 Å². The molecule has 0 atom stereocenters. The predicted molar refractivity (Wildman–Crippen MR) is 82.3 cm³/mol. The zero-order chi connectivity index (χ0) is 15.4. The van der Waals surface area contributed by atoms with E-state index in [2.05, 4.69) is 15.0 Å². The highest BCUT2D eigenvalue weighted by molar-refractivity contribution is 7.98. The molecule has 0 saturated carbocycles. The van der Waals surface area contributed by atoms with E-state index < -0.39 is 0 Å². The van der Waals surface area contributed by atoms with Gasteiger partial charge in [0.2, 0.25) is 11.7 Å². The average Bonchev–Trinajstić information content (AvgIpc) is 2.46. The number of aromatic nitrogens is 3. The van der Waals surface area contributed by atoms with E-state index in [1.807, 2.05) is 51.3 Å². The largest absolute Gasteiger partial charge is 0.474 e. The minimum atomic E-state index is -0.0478. The number of nitrogens with zero attached hydrogens (tertiary/aromatic N) is 4. The molecule has 2 heterocycles. The fourth-order valence-electron chi connectivity index (χ4n) is 1.87. The number of thioether (sulfide) groups is 1. The molecule has 0 amide bonds. The van der Waals surface area contributed by atoms with Gasteiger partial charge in [-0.15, -0.1) is 11.8 Å². The third-order valence-electron chi connectivity index (χ3n) is 2.69. The van der Waals surface area contributed by atoms with Gasteiger partial charge in [0.15, 0.2) is 0 Å². The number of hydrogen-bond acceptors (Lipinski definition) is 6. The first-order valence-corrected chi connectivity index (χ1v) is 7.74. The lowest BCUT2D eigenvalue weighted by molar-refractivity contribution is 0.233. The van der Waals surface area contributed by atoms with Crippen LogP contribution in [0.25, 0.3) is 11.3 Å². The summed E-state index contributed by atoms with van der Waals surface area (Å²) >= 11 is 1.57. The summed E-state index contributed by atoms with van der Waals surface area (Å²) in [5.74, 6) is 0.507. The number of ether oxygens (including phenoxy) is 1. The molecule has 0 N–H and O–H groups in total. The summed E-state index contributed by atoms with van der Waals surface area (Å²) < 4.78 is 5.75. The van der Waals surface area contributed by atoms with E-state index in [-0.39, 0.29) is 11.9 Å². The van der Waals surface area contributed by atoms with Crippen LogP contribution in [0.3, 0.4) is 0 Å². The van der Waals surface area contributed by atoms with Gasteiger partial charge >= 0.3 is 0 Å². The normalized spacial score (nSPS) is 10.5. The molecule has 0 aliphatic carbocycles. The van der Waals surface area contributed by atoms with Crippen LogP contribution < -0.4 is 4.74 Å². The second-order valence-corrected chi connectivity index (χ2v) is 5.48. The molecule has 0 aliphatic rings. The van der Waals surface area contributed by atoms with Gasteiger partial charge in [-0.3, -0.25) is 0 Å². The van der Waals surface area contributed by atoms with Gasteiger partial charge in [-0.1, -0.05) is 6.07 Å². The minimum Gasteiger partial charge on any atom is -0.474 e.